The Morgan fingerprint density at radius 3 is 1.53 bits per heavy atom. The van der Waals surface area contributed by atoms with Gasteiger partial charge >= 0.3 is 6.16 Å². The van der Waals surface area contributed by atoms with Crippen LogP contribution in [0.15, 0.2) is 24.3 Å². The van der Waals surface area contributed by atoms with Gasteiger partial charge in [-0.2, -0.15) is 0 Å². The van der Waals surface area contributed by atoms with Crippen molar-refractivity contribution in [3.8, 4) is 23.0 Å². The molecule has 2 heterocycles. The van der Waals surface area contributed by atoms with Crippen molar-refractivity contribution in [2.24, 2.45) is 11.8 Å². The number of benzene rings is 2. The lowest BCUT2D eigenvalue weighted by Gasteiger charge is -2.21. The van der Waals surface area contributed by atoms with Crippen LogP contribution in [0.3, 0.4) is 0 Å². The molecule has 4 radical (unpaired) electrons. The van der Waals surface area contributed by atoms with Crippen molar-refractivity contribution < 1.29 is 57.3 Å². The second kappa shape index (κ2) is 20.2. The number of ether oxygens (including phenoxy) is 9. The minimum Gasteiger partial charge on any atom is -0.493 e. The molecule has 0 amide bonds. The van der Waals surface area contributed by atoms with Crippen LogP contribution in [0.2, 0.25) is 0 Å². The standard InChI is InChI=1S/C18H24BNO8.C17H24BNO6/c1-10(2)5-15-16(8-17(19)27-15)28-18(21)26-9-11-6-13(24-3)14(25-4)7-12(11)20(22)23;1-10(2)5-16-15(8-17(18)25-16)24-9-11-6-13(22-3)14(23-4)7-12(11)19(20)21/h6-7,10,15-17H,5,8-9H2,1-4H3;6-7,10,15-17H,5,8-9H2,1-4H3. The number of hydrogen-bond acceptors (Lipinski definition) is 14. The lowest BCUT2D eigenvalue weighted by Crippen LogP contribution is -2.28. The second-order valence-electron chi connectivity index (χ2n) is 13.4. The molecule has 0 aromatic heterocycles. The maximum Gasteiger partial charge on any atom is 0.508 e. The summed E-state index contributed by atoms with van der Waals surface area (Å²) in [7, 11) is 17.4. The maximum atomic E-state index is 12.1. The summed E-state index contributed by atoms with van der Waals surface area (Å²) < 4.78 is 48.2. The second-order valence-corrected chi connectivity index (χ2v) is 13.4. The summed E-state index contributed by atoms with van der Waals surface area (Å²) in [5.74, 6) is 2.00. The van der Waals surface area contributed by atoms with Crippen LogP contribution < -0.4 is 18.9 Å². The van der Waals surface area contributed by atoms with Gasteiger partial charge in [-0.3, -0.25) is 20.2 Å². The van der Waals surface area contributed by atoms with Crippen molar-refractivity contribution in [3.05, 3.63) is 55.6 Å². The van der Waals surface area contributed by atoms with E-state index in [1.54, 1.807) is 6.07 Å². The maximum absolute atomic E-state index is 12.1. The first-order valence-corrected chi connectivity index (χ1v) is 17.2. The summed E-state index contributed by atoms with van der Waals surface area (Å²) >= 11 is 0. The average Bonchev–Trinajstić information content (AvgIpc) is 3.63. The van der Waals surface area contributed by atoms with Crippen molar-refractivity contribution in [2.45, 2.75) is 103 Å². The Balaban J connectivity index is 0.000000287. The molecule has 288 valence electrons. The van der Waals surface area contributed by atoms with Gasteiger partial charge in [-0.05, 0) is 43.2 Å². The fourth-order valence-electron chi connectivity index (χ4n) is 6.02. The van der Waals surface area contributed by atoms with Gasteiger partial charge in [0, 0.05) is 18.4 Å². The van der Waals surface area contributed by atoms with E-state index in [9.17, 15) is 25.0 Å². The molecule has 6 atom stereocenters. The molecule has 6 unspecified atom stereocenters. The first-order chi connectivity index (χ1) is 25.1. The van der Waals surface area contributed by atoms with E-state index in [0.717, 1.165) is 6.42 Å². The highest BCUT2D eigenvalue weighted by atomic mass is 16.7. The topological polar surface area (TPSA) is 186 Å². The summed E-state index contributed by atoms with van der Waals surface area (Å²) in [5.41, 5.74) is 0.250. The van der Waals surface area contributed by atoms with E-state index in [0.29, 0.717) is 48.2 Å². The molecule has 0 spiro atoms. The van der Waals surface area contributed by atoms with Gasteiger partial charge in [0.1, 0.15) is 28.4 Å². The molecular weight excluding hydrogens is 694 g/mol. The number of nitro groups is 2. The van der Waals surface area contributed by atoms with Crippen molar-refractivity contribution in [2.75, 3.05) is 28.4 Å². The van der Waals surface area contributed by atoms with Gasteiger partial charge in [0.05, 0.1) is 86.5 Å². The Morgan fingerprint density at radius 1 is 0.717 bits per heavy atom. The minimum atomic E-state index is -0.944. The van der Waals surface area contributed by atoms with Crippen LogP contribution in [-0.4, -0.2) is 96.6 Å². The minimum absolute atomic E-state index is 0.0683. The van der Waals surface area contributed by atoms with Crippen LogP contribution in [-0.2, 0) is 36.9 Å². The normalized spacial score (nSPS) is 22.2. The number of carbonyl (C=O) groups is 1. The number of methoxy groups -OCH3 is 4. The van der Waals surface area contributed by atoms with Crippen LogP contribution in [0, 0.1) is 32.1 Å². The van der Waals surface area contributed by atoms with E-state index in [1.807, 2.05) is 13.8 Å². The zero-order valence-corrected chi connectivity index (χ0v) is 31.4. The smallest absolute Gasteiger partial charge is 0.493 e. The van der Waals surface area contributed by atoms with Gasteiger partial charge in [-0.1, -0.05) is 27.7 Å². The Hall–Kier alpha value is -4.28. The highest BCUT2D eigenvalue weighted by Crippen LogP contribution is 2.37. The summed E-state index contributed by atoms with van der Waals surface area (Å²) in [6, 6.07) is 4.65. The third-order valence-electron chi connectivity index (χ3n) is 8.47. The Kier molecular flexibility index (Phi) is 16.5. The molecule has 2 fully saturated rings. The molecule has 2 aromatic rings. The van der Waals surface area contributed by atoms with E-state index in [1.165, 1.54) is 46.6 Å². The fraction of sp³-hybridized carbons (Fsp3) is 0.629. The summed E-state index contributed by atoms with van der Waals surface area (Å²) in [5, 5.41) is 22.7. The van der Waals surface area contributed by atoms with Gasteiger partial charge < -0.3 is 42.6 Å². The largest absolute Gasteiger partial charge is 0.508 e. The molecule has 18 heteroatoms. The predicted octanol–water partition coefficient (Wildman–Crippen LogP) is 5.79. The van der Waals surface area contributed by atoms with Gasteiger partial charge in [-0.25, -0.2) is 4.79 Å². The Labute approximate surface area is 312 Å². The van der Waals surface area contributed by atoms with Gasteiger partial charge in [0.25, 0.3) is 11.4 Å². The van der Waals surface area contributed by atoms with Gasteiger partial charge in [-0.15, -0.1) is 0 Å². The van der Waals surface area contributed by atoms with Gasteiger partial charge in [0.15, 0.2) is 23.0 Å². The summed E-state index contributed by atoms with van der Waals surface area (Å²) in [4.78, 5) is 33.7. The lowest BCUT2D eigenvalue weighted by atomic mass is 9.94. The molecule has 4 rings (SSSR count). The summed E-state index contributed by atoms with van der Waals surface area (Å²) in [6.07, 6.45) is 0.379. The first kappa shape index (κ1) is 43.1. The highest BCUT2D eigenvalue weighted by molar-refractivity contribution is 6.11. The molecule has 53 heavy (non-hydrogen) atoms. The van der Waals surface area contributed by atoms with Crippen molar-refractivity contribution in [3.63, 3.8) is 0 Å². The Bertz CT molecular complexity index is 1540. The van der Waals surface area contributed by atoms with E-state index in [-0.39, 0.29) is 66.0 Å². The number of rotatable bonds is 16. The first-order valence-electron chi connectivity index (χ1n) is 17.2. The third-order valence-corrected chi connectivity index (χ3v) is 8.47. The van der Waals surface area contributed by atoms with E-state index >= 15 is 0 Å². The number of nitrogens with zero attached hydrogens (tertiary/aromatic N) is 2. The SMILES string of the molecule is [B]C1CC(OC(=O)OCc2cc(OC)c(OC)cc2[N+](=O)[O-])C(CC(C)C)O1.[B]C1CC(OCc2cc(OC)c(OC)cc2[N+](=O)[O-])C(CC(C)C)O1. The molecule has 0 saturated carbocycles. The van der Waals surface area contributed by atoms with Crippen LogP contribution in [0.5, 0.6) is 23.0 Å². The molecule has 16 nitrogen and oxygen atoms in total. The van der Waals surface area contributed by atoms with Crippen molar-refractivity contribution in [1.82, 2.24) is 0 Å². The van der Waals surface area contributed by atoms with Crippen molar-refractivity contribution in [1.29, 1.82) is 0 Å². The zero-order chi connectivity index (χ0) is 39.4. The van der Waals surface area contributed by atoms with E-state index < -0.39 is 28.1 Å². The number of hydrogen-bond donors (Lipinski definition) is 0. The van der Waals surface area contributed by atoms with Crippen LogP contribution >= 0.6 is 0 Å². The lowest BCUT2D eigenvalue weighted by molar-refractivity contribution is -0.386. The monoisotopic (exact) mass is 742 g/mol. The van der Waals surface area contributed by atoms with Crippen molar-refractivity contribution >= 4 is 33.2 Å². The molecule has 0 N–H and O–H groups in total. The number of nitro benzene ring substituents is 2. The van der Waals surface area contributed by atoms with E-state index in [4.69, 9.17) is 58.3 Å². The van der Waals surface area contributed by atoms with Crippen LogP contribution in [0.25, 0.3) is 0 Å². The van der Waals surface area contributed by atoms with Crippen LogP contribution in [0.4, 0.5) is 16.2 Å². The average molecular weight is 742 g/mol. The molecule has 2 aliphatic heterocycles. The Morgan fingerprint density at radius 2 is 1.11 bits per heavy atom. The van der Waals surface area contributed by atoms with E-state index in [2.05, 4.69) is 13.8 Å². The fourth-order valence-corrected chi connectivity index (χ4v) is 6.02. The zero-order valence-electron chi connectivity index (χ0n) is 31.4. The molecular formula is C35H48B2N2O14. The number of carbonyl (C=O) groups excluding carboxylic acids is 1. The van der Waals surface area contributed by atoms with Gasteiger partial charge in [0.2, 0.25) is 0 Å². The highest BCUT2D eigenvalue weighted by Gasteiger charge is 2.37. The molecule has 0 aliphatic carbocycles. The molecule has 2 saturated heterocycles. The molecule has 2 aromatic carbocycles. The molecule has 0 bridgehead atoms. The molecule has 2 aliphatic rings. The van der Waals surface area contributed by atoms with Crippen LogP contribution in [0.1, 0.15) is 64.5 Å². The summed E-state index contributed by atoms with van der Waals surface area (Å²) in [6.45, 7) is 7.97. The predicted molar refractivity (Wildman–Crippen MR) is 193 cm³/mol. The third kappa shape index (κ3) is 12.4. The quantitative estimate of drug-likeness (QED) is 0.0870.